The van der Waals surface area contributed by atoms with Crippen LogP contribution < -0.4 is 10.6 Å². The lowest BCUT2D eigenvalue weighted by Crippen LogP contribution is -2.04. The molecule has 0 amide bonds. The van der Waals surface area contributed by atoms with Gasteiger partial charge in [0, 0.05) is 13.1 Å². The second-order valence-corrected chi connectivity index (χ2v) is 4.13. The maximum atomic E-state index is 13.7. The first-order valence-corrected chi connectivity index (χ1v) is 5.87. The molecule has 2 rings (SSSR count). The van der Waals surface area contributed by atoms with Crippen LogP contribution in [0, 0.1) is 29.9 Å². The number of nitrogens with one attached hydrogen (secondary N) is 2. The van der Waals surface area contributed by atoms with Gasteiger partial charge in [0.05, 0.1) is 11.3 Å². The number of aromatic nitrogens is 1. The Morgan fingerprint density at radius 3 is 2.55 bits per heavy atom. The minimum atomic E-state index is -0.827. The summed E-state index contributed by atoms with van der Waals surface area (Å²) < 4.78 is 27.0. The third kappa shape index (κ3) is 2.52. The van der Waals surface area contributed by atoms with E-state index in [1.807, 2.05) is 6.07 Å². The normalized spacial score (nSPS) is 9.95. The van der Waals surface area contributed by atoms with Crippen molar-refractivity contribution >= 4 is 17.3 Å². The van der Waals surface area contributed by atoms with Crippen LogP contribution in [0.2, 0.25) is 0 Å². The Balaban J connectivity index is 2.46. The van der Waals surface area contributed by atoms with Crippen molar-refractivity contribution in [3.63, 3.8) is 0 Å². The number of benzene rings is 1. The monoisotopic (exact) mass is 274 g/mol. The Labute approximate surface area is 115 Å². The van der Waals surface area contributed by atoms with Crippen LogP contribution in [0.4, 0.5) is 26.1 Å². The Morgan fingerprint density at radius 2 is 1.90 bits per heavy atom. The first-order valence-electron chi connectivity index (χ1n) is 5.87. The summed E-state index contributed by atoms with van der Waals surface area (Å²) in [5.74, 6) is -1.81. The van der Waals surface area contributed by atoms with Crippen molar-refractivity contribution in [2.75, 3.05) is 17.7 Å². The topological polar surface area (TPSA) is 60.7 Å². The van der Waals surface area contributed by atoms with Crippen molar-refractivity contribution in [1.29, 1.82) is 5.26 Å². The maximum absolute atomic E-state index is 13.7. The number of halogens is 2. The van der Waals surface area contributed by atoms with E-state index in [-0.39, 0.29) is 11.6 Å². The van der Waals surface area contributed by atoms with E-state index in [1.165, 1.54) is 7.05 Å². The lowest BCUT2D eigenvalue weighted by Gasteiger charge is -2.11. The molecule has 102 valence electrons. The first-order chi connectivity index (χ1) is 9.56. The number of nitrogens with zero attached hydrogens (tertiary/aromatic N) is 2. The van der Waals surface area contributed by atoms with Gasteiger partial charge in [0.2, 0.25) is 0 Å². The van der Waals surface area contributed by atoms with Gasteiger partial charge in [-0.05, 0) is 18.6 Å². The van der Waals surface area contributed by atoms with E-state index in [0.717, 1.165) is 11.6 Å². The number of pyridine rings is 1. The number of rotatable bonds is 3. The number of anilines is 3. The Kier molecular flexibility index (Phi) is 3.80. The minimum absolute atomic E-state index is 0.0694. The molecule has 4 nitrogen and oxygen atoms in total. The summed E-state index contributed by atoms with van der Waals surface area (Å²) in [6, 6.07) is 7.92. The molecule has 0 radical (unpaired) electrons. The van der Waals surface area contributed by atoms with Crippen LogP contribution in [0.3, 0.4) is 0 Å². The zero-order valence-electron chi connectivity index (χ0n) is 11.0. The van der Waals surface area contributed by atoms with Gasteiger partial charge < -0.3 is 10.6 Å². The molecule has 0 aliphatic heterocycles. The molecule has 0 aliphatic rings. The van der Waals surface area contributed by atoms with E-state index in [9.17, 15) is 8.78 Å². The largest absolute Gasteiger partial charge is 0.371 e. The fourth-order valence-corrected chi connectivity index (χ4v) is 1.78. The summed E-state index contributed by atoms with van der Waals surface area (Å²) in [6.07, 6.45) is 0. The van der Waals surface area contributed by atoms with Gasteiger partial charge in [-0.2, -0.15) is 5.26 Å². The lowest BCUT2D eigenvalue weighted by atomic mass is 10.1. The number of hydrogen-bond donors (Lipinski definition) is 2. The molecule has 0 spiro atoms. The highest BCUT2D eigenvalue weighted by Gasteiger charge is 2.13. The highest BCUT2D eigenvalue weighted by molar-refractivity contribution is 5.67. The van der Waals surface area contributed by atoms with Gasteiger partial charge in [0.25, 0.3) is 0 Å². The van der Waals surface area contributed by atoms with Gasteiger partial charge in [-0.25, -0.2) is 13.8 Å². The Morgan fingerprint density at radius 1 is 1.20 bits per heavy atom. The molecule has 1 aromatic heterocycles. The maximum Gasteiger partial charge on any atom is 0.169 e. The van der Waals surface area contributed by atoms with E-state index in [2.05, 4.69) is 15.6 Å². The van der Waals surface area contributed by atoms with Gasteiger partial charge in [-0.3, -0.25) is 0 Å². The Bertz CT molecular complexity index is 692. The number of aryl methyl sites for hydroxylation is 1. The molecule has 1 aromatic carbocycles. The molecule has 0 saturated heterocycles. The third-order valence-corrected chi connectivity index (χ3v) is 2.80. The standard InChI is InChI=1S/C14H12F2N4/c1-8-4-3-5-12(9(8)7-17)19-14-11(16)6-10(15)13(18-2)20-14/h3-6H,1-2H3,(H2,18,19,20). The molecule has 0 atom stereocenters. The molecule has 0 aliphatic carbocycles. The van der Waals surface area contributed by atoms with Crippen LogP contribution in [0.25, 0.3) is 0 Å². The predicted octanol–water partition coefficient (Wildman–Crippen LogP) is 3.33. The van der Waals surface area contributed by atoms with Gasteiger partial charge in [0.15, 0.2) is 23.3 Å². The van der Waals surface area contributed by atoms with Gasteiger partial charge >= 0.3 is 0 Å². The van der Waals surface area contributed by atoms with Crippen molar-refractivity contribution in [3.8, 4) is 6.07 Å². The molecular weight excluding hydrogens is 262 g/mol. The zero-order chi connectivity index (χ0) is 14.7. The highest BCUT2D eigenvalue weighted by Crippen LogP contribution is 2.25. The average Bonchev–Trinajstić information content (AvgIpc) is 2.42. The molecule has 6 heteroatoms. The molecule has 0 saturated carbocycles. The van der Waals surface area contributed by atoms with Gasteiger partial charge in [0.1, 0.15) is 6.07 Å². The van der Waals surface area contributed by atoms with E-state index in [4.69, 9.17) is 5.26 Å². The molecular formula is C14H12F2N4. The summed E-state index contributed by atoms with van der Waals surface area (Å²) in [5, 5.41) is 14.4. The fraction of sp³-hybridized carbons (Fsp3) is 0.143. The second kappa shape index (κ2) is 5.53. The summed E-state index contributed by atoms with van der Waals surface area (Å²) in [5.41, 5.74) is 1.57. The van der Waals surface area contributed by atoms with Crippen LogP contribution in [-0.2, 0) is 0 Å². The summed E-state index contributed by atoms with van der Waals surface area (Å²) in [4.78, 5) is 3.81. The average molecular weight is 274 g/mol. The van der Waals surface area contributed by atoms with Crippen molar-refractivity contribution in [2.24, 2.45) is 0 Å². The second-order valence-electron chi connectivity index (χ2n) is 4.13. The molecule has 20 heavy (non-hydrogen) atoms. The SMILES string of the molecule is CNc1nc(Nc2cccc(C)c2C#N)c(F)cc1F. The smallest absolute Gasteiger partial charge is 0.169 e. The zero-order valence-corrected chi connectivity index (χ0v) is 11.0. The van der Waals surface area contributed by atoms with Gasteiger partial charge in [-0.15, -0.1) is 0 Å². The van der Waals surface area contributed by atoms with Crippen LogP contribution in [0.1, 0.15) is 11.1 Å². The van der Waals surface area contributed by atoms with E-state index >= 15 is 0 Å². The molecule has 2 N–H and O–H groups in total. The molecule has 0 fully saturated rings. The van der Waals surface area contributed by atoms with Crippen molar-refractivity contribution in [2.45, 2.75) is 6.92 Å². The summed E-state index contributed by atoms with van der Waals surface area (Å²) >= 11 is 0. The van der Waals surface area contributed by atoms with Crippen LogP contribution in [0.5, 0.6) is 0 Å². The molecule has 0 unspecified atom stereocenters. The minimum Gasteiger partial charge on any atom is -0.371 e. The molecule has 1 heterocycles. The van der Waals surface area contributed by atoms with E-state index in [0.29, 0.717) is 11.3 Å². The van der Waals surface area contributed by atoms with Crippen LogP contribution >= 0.6 is 0 Å². The quantitative estimate of drug-likeness (QED) is 0.901. The molecule has 2 aromatic rings. The van der Waals surface area contributed by atoms with Gasteiger partial charge in [-0.1, -0.05) is 12.1 Å². The van der Waals surface area contributed by atoms with Crippen molar-refractivity contribution < 1.29 is 8.78 Å². The third-order valence-electron chi connectivity index (χ3n) is 2.80. The Hall–Kier alpha value is -2.68. The van der Waals surface area contributed by atoms with Crippen LogP contribution in [0.15, 0.2) is 24.3 Å². The number of hydrogen-bond acceptors (Lipinski definition) is 4. The van der Waals surface area contributed by atoms with Crippen LogP contribution in [-0.4, -0.2) is 12.0 Å². The van der Waals surface area contributed by atoms with E-state index in [1.54, 1.807) is 25.1 Å². The van der Waals surface area contributed by atoms with Crippen molar-refractivity contribution in [1.82, 2.24) is 4.98 Å². The number of nitriles is 1. The predicted molar refractivity (Wildman–Crippen MR) is 72.9 cm³/mol. The molecule has 0 bridgehead atoms. The summed E-state index contributed by atoms with van der Waals surface area (Å²) in [6.45, 7) is 1.78. The first kappa shape index (κ1) is 13.7. The lowest BCUT2D eigenvalue weighted by molar-refractivity contribution is 0.580. The van der Waals surface area contributed by atoms with E-state index < -0.39 is 11.6 Å². The summed E-state index contributed by atoms with van der Waals surface area (Å²) in [7, 11) is 1.49. The fourth-order valence-electron chi connectivity index (χ4n) is 1.78. The van der Waals surface area contributed by atoms with Crippen molar-refractivity contribution in [3.05, 3.63) is 47.0 Å². The highest BCUT2D eigenvalue weighted by atomic mass is 19.1.